The molecule has 0 aromatic carbocycles. The molecule has 0 fully saturated rings. The van der Waals surface area contributed by atoms with Crippen LogP contribution in [-0.4, -0.2) is 31.1 Å². The minimum atomic E-state index is -0.314. The van der Waals surface area contributed by atoms with Crippen LogP contribution in [0.2, 0.25) is 0 Å². The molecule has 0 rings (SSSR count). The summed E-state index contributed by atoms with van der Waals surface area (Å²) in [6.45, 7) is 2.46. The van der Waals surface area contributed by atoms with Crippen LogP contribution in [0.1, 0.15) is 13.3 Å². The number of hydrogen-bond acceptors (Lipinski definition) is 3. The highest BCUT2D eigenvalue weighted by molar-refractivity contribution is 9.09. The summed E-state index contributed by atoms with van der Waals surface area (Å²) in [4.78, 5) is 10.9. The first kappa shape index (κ1) is 10.9. The van der Waals surface area contributed by atoms with E-state index in [0.29, 0.717) is 6.61 Å². The molecule has 0 heterocycles. The zero-order valence-electron chi connectivity index (χ0n) is 6.80. The average molecular weight is 225 g/mol. The molecule has 3 nitrogen and oxygen atoms in total. The second-order valence-electron chi connectivity index (χ2n) is 2.12. The topological polar surface area (TPSA) is 35.5 Å². The summed E-state index contributed by atoms with van der Waals surface area (Å²) in [6, 6.07) is 0. The Morgan fingerprint density at radius 1 is 1.64 bits per heavy atom. The minimum Gasteiger partial charge on any atom is -0.463 e. The van der Waals surface area contributed by atoms with Crippen molar-refractivity contribution < 1.29 is 14.3 Å². The van der Waals surface area contributed by atoms with Crippen molar-refractivity contribution in [2.75, 3.05) is 20.3 Å². The summed E-state index contributed by atoms with van der Waals surface area (Å²) in [7, 11) is 1.46. The number of rotatable bonds is 5. The molecule has 0 aliphatic heterocycles. The van der Waals surface area contributed by atoms with E-state index in [4.69, 9.17) is 4.74 Å². The molecule has 0 spiro atoms. The SMILES string of the molecule is CCC(Br)COC(=O)COC. The van der Waals surface area contributed by atoms with Crippen LogP contribution in [0.15, 0.2) is 0 Å². The Kier molecular flexibility index (Phi) is 6.56. The van der Waals surface area contributed by atoms with Crippen molar-refractivity contribution in [2.24, 2.45) is 0 Å². The van der Waals surface area contributed by atoms with E-state index < -0.39 is 0 Å². The summed E-state index contributed by atoms with van der Waals surface area (Å²) in [5.74, 6) is -0.314. The largest absolute Gasteiger partial charge is 0.463 e. The van der Waals surface area contributed by atoms with Crippen LogP contribution in [0.25, 0.3) is 0 Å². The Morgan fingerprint density at radius 2 is 2.27 bits per heavy atom. The van der Waals surface area contributed by atoms with E-state index in [9.17, 15) is 4.79 Å². The summed E-state index contributed by atoms with van der Waals surface area (Å²) < 4.78 is 9.40. The zero-order valence-corrected chi connectivity index (χ0v) is 8.39. The Hall–Kier alpha value is -0.0900. The molecule has 0 radical (unpaired) electrons. The number of carbonyl (C=O) groups excluding carboxylic acids is 1. The van der Waals surface area contributed by atoms with Crippen LogP contribution in [0.4, 0.5) is 0 Å². The molecule has 1 unspecified atom stereocenters. The lowest BCUT2D eigenvalue weighted by Gasteiger charge is -2.07. The number of methoxy groups -OCH3 is 1. The van der Waals surface area contributed by atoms with Crippen molar-refractivity contribution in [3.05, 3.63) is 0 Å². The lowest BCUT2D eigenvalue weighted by atomic mass is 10.4. The first-order valence-electron chi connectivity index (χ1n) is 3.49. The van der Waals surface area contributed by atoms with Crippen LogP contribution < -0.4 is 0 Å². The van der Waals surface area contributed by atoms with Crippen molar-refractivity contribution in [1.82, 2.24) is 0 Å². The highest BCUT2D eigenvalue weighted by Gasteiger charge is 2.05. The number of esters is 1. The van der Waals surface area contributed by atoms with E-state index in [0.717, 1.165) is 6.42 Å². The fraction of sp³-hybridized carbons (Fsp3) is 0.857. The van der Waals surface area contributed by atoms with Gasteiger partial charge in [0.2, 0.25) is 0 Å². The van der Waals surface area contributed by atoms with E-state index in [2.05, 4.69) is 20.7 Å². The van der Waals surface area contributed by atoms with Crippen molar-refractivity contribution in [3.8, 4) is 0 Å². The van der Waals surface area contributed by atoms with Gasteiger partial charge in [-0.2, -0.15) is 0 Å². The van der Waals surface area contributed by atoms with E-state index in [1.54, 1.807) is 0 Å². The zero-order chi connectivity index (χ0) is 8.69. The van der Waals surface area contributed by atoms with Crippen LogP contribution in [0.5, 0.6) is 0 Å². The highest BCUT2D eigenvalue weighted by atomic mass is 79.9. The van der Waals surface area contributed by atoms with Crippen LogP contribution in [0.3, 0.4) is 0 Å². The van der Waals surface area contributed by atoms with Gasteiger partial charge in [-0.1, -0.05) is 22.9 Å². The van der Waals surface area contributed by atoms with E-state index in [1.165, 1.54) is 7.11 Å². The van der Waals surface area contributed by atoms with Gasteiger partial charge in [-0.25, -0.2) is 4.79 Å². The second kappa shape index (κ2) is 6.61. The normalized spacial score (nSPS) is 12.6. The first-order chi connectivity index (χ1) is 5.20. The van der Waals surface area contributed by atoms with Gasteiger partial charge in [0.25, 0.3) is 0 Å². The second-order valence-corrected chi connectivity index (χ2v) is 3.42. The predicted molar refractivity (Wildman–Crippen MR) is 45.8 cm³/mol. The molecular weight excluding hydrogens is 212 g/mol. The molecule has 0 amide bonds. The average Bonchev–Trinajstić information content (AvgIpc) is 2.01. The number of hydrogen-bond donors (Lipinski definition) is 0. The maximum absolute atomic E-state index is 10.7. The molecule has 66 valence electrons. The molecule has 0 aromatic heterocycles. The molecule has 4 heteroatoms. The first-order valence-corrected chi connectivity index (χ1v) is 4.40. The van der Waals surface area contributed by atoms with E-state index in [-0.39, 0.29) is 17.4 Å². The number of ether oxygens (including phenoxy) is 2. The molecule has 0 bridgehead atoms. The molecule has 11 heavy (non-hydrogen) atoms. The van der Waals surface area contributed by atoms with Gasteiger partial charge in [0.1, 0.15) is 13.2 Å². The number of alkyl halides is 1. The molecule has 0 aliphatic rings. The van der Waals surface area contributed by atoms with Gasteiger partial charge in [0, 0.05) is 11.9 Å². The predicted octanol–water partition coefficient (Wildman–Crippen LogP) is 1.35. The fourth-order valence-corrected chi connectivity index (χ4v) is 0.593. The van der Waals surface area contributed by atoms with Crippen molar-refractivity contribution in [1.29, 1.82) is 0 Å². The van der Waals surface area contributed by atoms with Crippen LogP contribution in [-0.2, 0) is 14.3 Å². The maximum atomic E-state index is 10.7. The molecule has 0 aliphatic carbocycles. The third-order valence-corrected chi connectivity index (χ3v) is 2.04. The van der Waals surface area contributed by atoms with Crippen molar-refractivity contribution in [3.63, 3.8) is 0 Å². The van der Waals surface area contributed by atoms with Gasteiger partial charge in [-0.15, -0.1) is 0 Å². The quantitative estimate of drug-likeness (QED) is 0.523. The van der Waals surface area contributed by atoms with Crippen LogP contribution in [0, 0.1) is 0 Å². The summed E-state index contributed by atoms with van der Waals surface area (Å²) in [5, 5.41) is 0. The standard InChI is InChI=1S/C7H13BrO3/c1-3-6(8)4-11-7(9)5-10-2/h6H,3-5H2,1-2H3. The Balaban J connectivity index is 3.30. The molecule has 0 aromatic rings. The third-order valence-electron chi connectivity index (χ3n) is 1.13. The van der Waals surface area contributed by atoms with Gasteiger partial charge in [0.15, 0.2) is 0 Å². The monoisotopic (exact) mass is 224 g/mol. The third kappa shape index (κ3) is 6.31. The Bertz CT molecular complexity index is 116. The Morgan fingerprint density at radius 3 is 2.73 bits per heavy atom. The highest BCUT2D eigenvalue weighted by Crippen LogP contribution is 2.04. The van der Waals surface area contributed by atoms with Crippen molar-refractivity contribution >= 4 is 21.9 Å². The fourth-order valence-electron chi connectivity index (χ4n) is 0.461. The van der Waals surface area contributed by atoms with E-state index >= 15 is 0 Å². The smallest absolute Gasteiger partial charge is 0.332 e. The van der Waals surface area contributed by atoms with Crippen molar-refractivity contribution in [2.45, 2.75) is 18.2 Å². The molecular formula is C7H13BrO3. The van der Waals surface area contributed by atoms with Crippen LogP contribution >= 0.6 is 15.9 Å². The molecule has 1 atom stereocenters. The van der Waals surface area contributed by atoms with E-state index in [1.807, 2.05) is 6.92 Å². The molecule has 0 N–H and O–H groups in total. The summed E-state index contributed by atoms with van der Waals surface area (Å²) in [5.41, 5.74) is 0. The van der Waals surface area contributed by atoms with Gasteiger partial charge in [-0.3, -0.25) is 0 Å². The number of halogens is 1. The Labute approximate surface area is 75.2 Å². The molecule has 0 saturated carbocycles. The maximum Gasteiger partial charge on any atom is 0.332 e. The lowest BCUT2D eigenvalue weighted by Crippen LogP contribution is -2.16. The minimum absolute atomic E-state index is 0.0312. The summed E-state index contributed by atoms with van der Waals surface area (Å²) in [6.07, 6.45) is 0.945. The summed E-state index contributed by atoms with van der Waals surface area (Å²) >= 11 is 3.34. The molecule has 0 saturated heterocycles. The van der Waals surface area contributed by atoms with Gasteiger partial charge >= 0.3 is 5.97 Å². The van der Waals surface area contributed by atoms with Gasteiger partial charge in [0.05, 0.1) is 0 Å². The van der Waals surface area contributed by atoms with Gasteiger partial charge < -0.3 is 9.47 Å². The van der Waals surface area contributed by atoms with Gasteiger partial charge in [-0.05, 0) is 6.42 Å². The lowest BCUT2D eigenvalue weighted by molar-refractivity contribution is -0.147. The number of carbonyl (C=O) groups is 1.